The van der Waals surface area contributed by atoms with Crippen LogP contribution in [0.3, 0.4) is 0 Å². The van der Waals surface area contributed by atoms with Gasteiger partial charge in [-0.2, -0.15) is 0 Å². The Hall–Kier alpha value is -2.19. The number of hydrogen-bond acceptors (Lipinski definition) is 5. The molecule has 3 N–H and O–H groups in total. The molecule has 2 aromatic rings. The van der Waals surface area contributed by atoms with E-state index in [1.54, 1.807) is 19.3 Å². The van der Waals surface area contributed by atoms with Crippen molar-refractivity contribution in [3.63, 3.8) is 0 Å². The van der Waals surface area contributed by atoms with Crippen molar-refractivity contribution in [1.82, 2.24) is 25.5 Å². The molecule has 0 saturated carbocycles. The van der Waals surface area contributed by atoms with E-state index >= 15 is 0 Å². The number of nitrogens with zero attached hydrogens (tertiary/aromatic N) is 2. The Kier molecular flexibility index (Phi) is 4.54. The minimum atomic E-state index is -0.529. The highest BCUT2D eigenvalue weighted by Gasteiger charge is 2.42. The Morgan fingerprint density at radius 3 is 2.92 bits per heavy atom. The summed E-state index contributed by atoms with van der Waals surface area (Å²) in [5.41, 5.74) is 2.18. The van der Waals surface area contributed by atoms with Gasteiger partial charge in [-0.05, 0) is 31.2 Å². The highest BCUT2D eigenvalue weighted by atomic mass is 32.1. The predicted octanol–water partition coefficient (Wildman–Crippen LogP) is 1.25. The van der Waals surface area contributed by atoms with E-state index in [4.69, 9.17) is 0 Å². The van der Waals surface area contributed by atoms with Crippen LogP contribution in [0.15, 0.2) is 23.8 Å². The van der Waals surface area contributed by atoms with Crippen LogP contribution in [0, 0.1) is 0 Å². The van der Waals surface area contributed by atoms with Crippen molar-refractivity contribution in [2.45, 2.75) is 37.8 Å². The molecule has 0 unspecified atom stereocenters. The maximum atomic E-state index is 12.7. The molecule has 2 amide bonds. The van der Waals surface area contributed by atoms with Crippen molar-refractivity contribution in [1.29, 1.82) is 0 Å². The number of aromatic amines is 1. The topological polar surface area (TPSA) is 90.1 Å². The first-order chi connectivity index (χ1) is 12.6. The third-order valence-corrected chi connectivity index (χ3v) is 6.27. The van der Waals surface area contributed by atoms with Gasteiger partial charge in [0.05, 0.1) is 22.4 Å². The second kappa shape index (κ2) is 6.85. The maximum absolute atomic E-state index is 12.7. The molecular weight excluding hydrogens is 350 g/mol. The van der Waals surface area contributed by atoms with Gasteiger partial charge in [-0.1, -0.05) is 6.07 Å². The van der Waals surface area contributed by atoms with E-state index in [0.717, 1.165) is 31.5 Å². The van der Waals surface area contributed by atoms with Crippen LogP contribution in [0.25, 0.3) is 0 Å². The van der Waals surface area contributed by atoms with Crippen LogP contribution in [0.5, 0.6) is 0 Å². The normalized spacial score (nSPS) is 19.8. The van der Waals surface area contributed by atoms with Crippen molar-refractivity contribution in [2.75, 3.05) is 19.6 Å². The molecular formula is C18H23N5O2S. The van der Waals surface area contributed by atoms with E-state index in [2.05, 4.69) is 20.6 Å². The summed E-state index contributed by atoms with van der Waals surface area (Å²) < 4.78 is 0. The summed E-state index contributed by atoms with van der Waals surface area (Å²) in [4.78, 5) is 35.1. The zero-order valence-corrected chi connectivity index (χ0v) is 15.6. The van der Waals surface area contributed by atoms with Gasteiger partial charge in [-0.3, -0.25) is 9.59 Å². The summed E-state index contributed by atoms with van der Waals surface area (Å²) in [6, 6.07) is 3.06. The number of fused-ring (bicyclic) bond motifs is 2. The summed E-state index contributed by atoms with van der Waals surface area (Å²) >= 11 is 1.37. The number of hydrogen-bond donors (Lipinski definition) is 3. The summed E-state index contributed by atoms with van der Waals surface area (Å²) in [5.74, 6) is -0.216. The zero-order chi connectivity index (χ0) is 18.1. The minimum absolute atomic E-state index is 0.0252. The minimum Gasteiger partial charge on any atom is -0.348 e. The van der Waals surface area contributed by atoms with E-state index in [-0.39, 0.29) is 17.4 Å². The van der Waals surface area contributed by atoms with Gasteiger partial charge in [0.2, 0.25) is 5.91 Å². The first-order valence-corrected chi connectivity index (χ1v) is 9.88. The van der Waals surface area contributed by atoms with Crippen molar-refractivity contribution >= 4 is 23.2 Å². The van der Waals surface area contributed by atoms with Crippen LogP contribution in [0.2, 0.25) is 0 Å². The summed E-state index contributed by atoms with van der Waals surface area (Å²) in [6.45, 7) is 4.01. The molecule has 8 heteroatoms. The van der Waals surface area contributed by atoms with Gasteiger partial charge in [-0.25, -0.2) is 4.98 Å². The largest absolute Gasteiger partial charge is 0.348 e. The number of rotatable bonds is 3. The molecule has 7 nitrogen and oxygen atoms in total. The molecule has 26 heavy (non-hydrogen) atoms. The molecule has 0 radical (unpaired) electrons. The Bertz CT molecular complexity index is 792. The zero-order valence-electron chi connectivity index (χ0n) is 14.7. The number of thiophene rings is 1. The Morgan fingerprint density at radius 2 is 2.19 bits per heavy atom. The number of H-pyrrole nitrogens is 1. The molecule has 2 aliphatic rings. The van der Waals surface area contributed by atoms with Gasteiger partial charge in [0, 0.05) is 31.7 Å². The molecule has 0 bridgehead atoms. The fourth-order valence-corrected chi connectivity index (χ4v) is 4.59. The van der Waals surface area contributed by atoms with Gasteiger partial charge in [0.1, 0.15) is 6.04 Å². The molecule has 138 valence electrons. The fourth-order valence-electron chi connectivity index (χ4n) is 3.97. The maximum Gasteiger partial charge on any atom is 0.261 e. The third kappa shape index (κ3) is 3.03. The number of carbonyl (C=O) groups is 2. The molecule has 1 saturated heterocycles. The number of carbonyl (C=O) groups excluding carboxylic acids is 2. The molecule has 2 aliphatic heterocycles. The lowest BCUT2D eigenvalue weighted by atomic mass is 9.80. The lowest BCUT2D eigenvalue weighted by Crippen LogP contribution is -2.57. The van der Waals surface area contributed by atoms with Crippen LogP contribution >= 0.6 is 11.3 Å². The second-order valence-electron chi connectivity index (χ2n) is 6.99. The quantitative estimate of drug-likeness (QED) is 0.755. The van der Waals surface area contributed by atoms with Gasteiger partial charge in [-0.15, -0.1) is 11.3 Å². The predicted molar refractivity (Wildman–Crippen MR) is 99.0 cm³/mol. The van der Waals surface area contributed by atoms with E-state index < -0.39 is 6.04 Å². The highest BCUT2D eigenvalue weighted by Crippen LogP contribution is 2.35. The summed E-state index contributed by atoms with van der Waals surface area (Å²) in [7, 11) is 0. The van der Waals surface area contributed by atoms with E-state index in [1.165, 1.54) is 17.0 Å². The Balaban J connectivity index is 1.38. The summed E-state index contributed by atoms with van der Waals surface area (Å²) in [6.07, 6.45) is 4.40. The van der Waals surface area contributed by atoms with Crippen LogP contribution in [-0.4, -0.2) is 52.4 Å². The molecule has 4 heterocycles. The molecule has 0 aliphatic carbocycles. The average molecular weight is 373 g/mol. The number of nitrogens with one attached hydrogen (secondary N) is 3. The second-order valence-corrected chi connectivity index (χ2v) is 7.93. The molecule has 1 spiro atoms. The smallest absolute Gasteiger partial charge is 0.261 e. The number of aromatic nitrogens is 2. The first kappa shape index (κ1) is 17.2. The van der Waals surface area contributed by atoms with Crippen LogP contribution < -0.4 is 10.6 Å². The van der Waals surface area contributed by atoms with E-state index in [1.807, 2.05) is 16.3 Å². The number of piperidine rings is 1. The lowest BCUT2D eigenvalue weighted by Gasteiger charge is -2.44. The van der Waals surface area contributed by atoms with Gasteiger partial charge in [0.25, 0.3) is 5.91 Å². The number of likely N-dealkylation sites (tertiary alicyclic amines) is 1. The average Bonchev–Trinajstić information content (AvgIpc) is 3.34. The Labute approximate surface area is 156 Å². The summed E-state index contributed by atoms with van der Waals surface area (Å²) in [5, 5.41) is 8.29. The van der Waals surface area contributed by atoms with Crippen molar-refractivity contribution in [3.8, 4) is 0 Å². The molecule has 1 atom stereocenters. The van der Waals surface area contributed by atoms with Crippen LogP contribution in [0.1, 0.15) is 40.8 Å². The third-order valence-electron chi connectivity index (χ3n) is 5.40. The lowest BCUT2D eigenvalue weighted by molar-refractivity contribution is -0.134. The van der Waals surface area contributed by atoms with Crippen LogP contribution in [-0.2, 0) is 16.8 Å². The van der Waals surface area contributed by atoms with Crippen LogP contribution in [0.4, 0.5) is 0 Å². The van der Waals surface area contributed by atoms with Gasteiger partial charge < -0.3 is 20.5 Å². The van der Waals surface area contributed by atoms with Crippen molar-refractivity contribution in [2.24, 2.45) is 0 Å². The SMILES string of the molecule is C[C@H](NC(=O)c1cccs1)C(=O)N1CCC2(CC1)NCCc1[nH]cnc12. The molecule has 0 aromatic carbocycles. The fraction of sp³-hybridized carbons (Fsp3) is 0.500. The van der Waals surface area contributed by atoms with Gasteiger partial charge >= 0.3 is 0 Å². The number of imidazole rings is 1. The van der Waals surface area contributed by atoms with Crippen molar-refractivity contribution < 1.29 is 9.59 Å². The standard InChI is InChI=1S/C18H23N5O2S/c1-12(22-16(24)14-3-2-10-26-14)17(25)23-8-5-18(6-9-23)15-13(4-7-21-18)19-11-20-15/h2-3,10-12,21H,4-9H2,1H3,(H,19,20)(H,22,24)/t12-/m0/s1. The molecule has 2 aromatic heterocycles. The van der Waals surface area contributed by atoms with Crippen molar-refractivity contribution in [3.05, 3.63) is 40.1 Å². The first-order valence-electron chi connectivity index (χ1n) is 9.00. The van der Waals surface area contributed by atoms with E-state index in [0.29, 0.717) is 18.0 Å². The van der Waals surface area contributed by atoms with E-state index in [9.17, 15) is 9.59 Å². The molecule has 1 fully saturated rings. The van der Waals surface area contributed by atoms with Gasteiger partial charge in [0.15, 0.2) is 0 Å². The monoisotopic (exact) mass is 373 g/mol. The Morgan fingerprint density at radius 1 is 1.38 bits per heavy atom. The molecule has 4 rings (SSSR count). The number of amides is 2. The highest BCUT2D eigenvalue weighted by molar-refractivity contribution is 7.12.